The molecule has 2 aromatic rings. The second kappa shape index (κ2) is 10.3. The van der Waals surface area contributed by atoms with Crippen LogP contribution in [0.25, 0.3) is 0 Å². The molecule has 6 heteroatoms. The van der Waals surface area contributed by atoms with Crippen molar-refractivity contribution in [2.45, 2.75) is 31.6 Å². The van der Waals surface area contributed by atoms with Crippen LogP contribution in [0, 0.1) is 0 Å². The van der Waals surface area contributed by atoms with Gasteiger partial charge in [0.1, 0.15) is 12.4 Å². The van der Waals surface area contributed by atoms with Crippen LogP contribution in [0.3, 0.4) is 0 Å². The van der Waals surface area contributed by atoms with Crippen LogP contribution >= 0.6 is 12.4 Å². The van der Waals surface area contributed by atoms with Gasteiger partial charge < -0.3 is 20.1 Å². The number of halogens is 1. The number of rotatable bonds is 6. The molecule has 1 aliphatic heterocycles. The van der Waals surface area contributed by atoms with Crippen molar-refractivity contribution in [1.82, 2.24) is 4.90 Å². The number of ether oxygens (including phenoxy) is 2. The van der Waals surface area contributed by atoms with Gasteiger partial charge in [-0.15, -0.1) is 12.4 Å². The van der Waals surface area contributed by atoms with E-state index in [2.05, 4.69) is 0 Å². The SMILES string of the molecule is COC1CCN(C(=O)c2cccc(OCc3ccccc3)c2)C(CN)C1.Cl. The number of piperidine rings is 1. The van der Waals surface area contributed by atoms with Gasteiger partial charge in [-0.25, -0.2) is 0 Å². The van der Waals surface area contributed by atoms with Gasteiger partial charge in [0.2, 0.25) is 0 Å². The third-order valence-corrected chi connectivity index (χ3v) is 4.86. The molecule has 1 fully saturated rings. The van der Waals surface area contributed by atoms with Gasteiger partial charge in [-0.05, 0) is 36.6 Å². The van der Waals surface area contributed by atoms with E-state index in [1.165, 1.54) is 0 Å². The lowest BCUT2D eigenvalue weighted by atomic mass is 9.98. The number of amides is 1. The molecular formula is C21H27ClN2O3. The van der Waals surface area contributed by atoms with Gasteiger partial charge in [0.25, 0.3) is 5.91 Å². The van der Waals surface area contributed by atoms with E-state index >= 15 is 0 Å². The van der Waals surface area contributed by atoms with Gasteiger partial charge >= 0.3 is 0 Å². The van der Waals surface area contributed by atoms with Gasteiger partial charge in [-0.1, -0.05) is 36.4 Å². The number of likely N-dealkylation sites (tertiary alicyclic amines) is 1. The fraction of sp³-hybridized carbons (Fsp3) is 0.381. The average molecular weight is 391 g/mol. The van der Waals surface area contributed by atoms with E-state index in [9.17, 15) is 4.79 Å². The van der Waals surface area contributed by atoms with Crippen LogP contribution in [0.4, 0.5) is 0 Å². The number of hydrogen-bond donors (Lipinski definition) is 1. The Labute approximate surface area is 166 Å². The van der Waals surface area contributed by atoms with Crippen LogP contribution in [0.5, 0.6) is 5.75 Å². The molecule has 27 heavy (non-hydrogen) atoms. The third kappa shape index (κ3) is 5.45. The zero-order valence-corrected chi connectivity index (χ0v) is 16.4. The maximum absolute atomic E-state index is 13.0. The van der Waals surface area contributed by atoms with Crippen molar-refractivity contribution in [2.24, 2.45) is 5.73 Å². The molecule has 0 spiro atoms. The fourth-order valence-electron chi connectivity index (χ4n) is 3.34. The van der Waals surface area contributed by atoms with E-state index in [1.54, 1.807) is 13.2 Å². The van der Waals surface area contributed by atoms with Crippen LogP contribution in [-0.4, -0.2) is 43.2 Å². The summed E-state index contributed by atoms with van der Waals surface area (Å²) in [6.45, 7) is 1.58. The Balaban J connectivity index is 0.00000261. The molecule has 1 heterocycles. The Bertz CT molecular complexity index is 726. The number of methoxy groups -OCH3 is 1. The number of nitrogens with two attached hydrogens (primary N) is 1. The maximum atomic E-state index is 13.0. The average Bonchev–Trinajstić information content (AvgIpc) is 2.72. The van der Waals surface area contributed by atoms with Crippen molar-refractivity contribution in [2.75, 3.05) is 20.2 Å². The first-order valence-corrected chi connectivity index (χ1v) is 9.02. The largest absolute Gasteiger partial charge is 0.489 e. The fourth-order valence-corrected chi connectivity index (χ4v) is 3.34. The number of carbonyl (C=O) groups excluding carboxylic acids is 1. The lowest BCUT2D eigenvalue weighted by molar-refractivity contribution is 0.0139. The van der Waals surface area contributed by atoms with Crippen molar-refractivity contribution in [3.63, 3.8) is 0 Å². The Morgan fingerprint density at radius 2 is 1.96 bits per heavy atom. The molecule has 0 radical (unpaired) electrons. The van der Waals surface area contributed by atoms with Crippen LogP contribution in [0.15, 0.2) is 54.6 Å². The Hall–Kier alpha value is -2.08. The summed E-state index contributed by atoms with van der Waals surface area (Å²) in [6, 6.07) is 17.3. The quantitative estimate of drug-likeness (QED) is 0.822. The van der Waals surface area contributed by atoms with E-state index < -0.39 is 0 Å². The molecule has 0 aliphatic carbocycles. The molecule has 2 N–H and O–H groups in total. The molecule has 0 aromatic heterocycles. The number of carbonyl (C=O) groups is 1. The van der Waals surface area contributed by atoms with Crippen molar-refractivity contribution in [3.8, 4) is 5.75 Å². The summed E-state index contributed by atoms with van der Waals surface area (Å²) in [5, 5.41) is 0. The van der Waals surface area contributed by atoms with Crippen molar-refractivity contribution in [1.29, 1.82) is 0 Å². The zero-order chi connectivity index (χ0) is 18.4. The summed E-state index contributed by atoms with van der Waals surface area (Å²) < 4.78 is 11.3. The number of benzene rings is 2. The highest BCUT2D eigenvalue weighted by Gasteiger charge is 2.31. The van der Waals surface area contributed by atoms with E-state index in [0.29, 0.717) is 31.0 Å². The minimum absolute atomic E-state index is 0. The first kappa shape index (κ1) is 21.2. The summed E-state index contributed by atoms with van der Waals surface area (Å²) in [5.41, 5.74) is 7.62. The van der Waals surface area contributed by atoms with E-state index in [0.717, 1.165) is 18.4 Å². The third-order valence-electron chi connectivity index (χ3n) is 4.86. The van der Waals surface area contributed by atoms with Gasteiger partial charge in [0.05, 0.1) is 6.10 Å². The lowest BCUT2D eigenvalue weighted by Gasteiger charge is -2.38. The molecule has 2 atom stereocenters. The molecule has 3 rings (SSSR count). The van der Waals surface area contributed by atoms with Crippen molar-refractivity contribution < 1.29 is 14.3 Å². The van der Waals surface area contributed by atoms with Crippen molar-refractivity contribution >= 4 is 18.3 Å². The van der Waals surface area contributed by atoms with Crippen LogP contribution in [-0.2, 0) is 11.3 Å². The van der Waals surface area contributed by atoms with E-state index in [1.807, 2.05) is 53.4 Å². The molecule has 2 unspecified atom stereocenters. The maximum Gasteiger partial charge on any atom is 0.254 e. The lowest BCUT2D eigenvalue weighted by Crippen LogP contribution is -2.51. The van der Waals surface area contributed by atoms with Crippen LogP contribution in [0.2, 0.25) is 0 Å². The molecular weight excluding hydrogens is 364 g/mol. The van der Waals surface area contributed by atoms with Crippen molar-refractivity contribution in [3.05, 3.63) is 65.7 Å². The van der Waals surface area contributed by atoms with Crippen LogP contribution in [0.1, 0.15) is 28.8 Å². The number of nitrogens with zero attached hydrogens (tertiary/aromatic N) is 1. The molecule has 1 saturated heterocycles. The summed E-state index contributed by atoms with van der Waals surface area (Å²) in [7, 11) is 1.71. The van der Waals surface area contributed by atoms with E-state index in [4.69, 9.17) is 15.2 Å². The second-order valence-electron chi connectivity index (χ2n) is 6.57. The van der Waals surface area contributed by atoms with Crippen LogP contribution < -0.4 is 10.5 Å². The standard InChI is InChI=1S/C21H26N2O3.ClH/c1-25-19-10-11-23(18(13-19)14-22)21(24)17-8-5-9-20(12-17)26-15-16-6-3-2-4-7-16;/h2-9,12,18-19H,10-11,13-15,22H2,1H3;1H. The van der Waals surface area contributed by atoms with Gasteiger partial charge in [0, 0.05) is 31.8 Å². The second-order valence-corrected chi connectivity index (χ2v) is 6.57. The zero-order valence-electron chi connectivity index (χ0n) is 15.5. The molecule has 0 saturated carbocycles. The first-order chi connectivity index (χ1) is 12.7. The highest BCUT2D eigenvalue weighted by Crippen LogP contribution is 2.23. The normalized spacial score (nSPS) is 19.3. The molecule has 1 amide bonds. The Morgan fingerprint density at radius 1 is 1.19 bits per heavy atom. The molecule has 5 nitrogen and oxygen atoms in total. The smallest absolute Gasteiger partial charge is 0.254 e. The summed E-state index contributed by atoms with van der Waals surface area (Å²) in [4.78, 5) is 14.8. The van der Waals surface area contributed by atoms with Gasteiger partial charge in [-0.3, -0.25) is 4.79 Å². The summed E-state index contributed by atoms with van der Waals surface area (Å²) in [5.74, 6) is 0.691. The predicted molar refractivity (Wildman–Crippen MR) is 108 cm³/mol. The number of hydrogen-bond acceptors (Lipinski definition) is 4. The first-order valence-electron chi connectivity index (χ1n) is 9.02. The monoisotopic (exact) mass is 390 g/mol. The molecule has 1 aliphatic rings. The Morgan fingerprint density at radius 3 is 2.67 bits per heavy atom. The predicted octanol–water partition coefficient (Wildman–Crippen LogP) is 3.27. The Kier molecular flexibility index (Phi) is 8.10. The molecule has 0 bridgehead atoms. The molecule has 146 valence electrons. The summed E-state index contributed by atoms with van der Waals surface area (Å²) >= 11 is 0. The molecule has 2 aromatic carbocycles. The highest BCUT2D eigenvalue weighted by atomic mass is 35.5. The highest BCUT2D eigenvalue weighted by molar-refractivity contribution is 5.95. The minimum Gasteiger partial charge on any atom is -0.489 e. The van der Waals surface area contributed by atoms with E-state index in [-0.39, 0.29) is 30.5 Å². The topological polar surface area (TPSA) is 64.8 Å². The summed E-state index contributed by atoms with van der Waals surface area (Å²) in [6.07, 6.45) is 1.79. The van der Waals surface area contributed by atoms with Gasteiger partial charge in [-0.2, -0.15) is 0 Å². The van der Waals surface area contributed by atoms with Gasteiger partial charge in [0.15, 0.2) is 0 Å². The minimum atomic E-state index is 0.